The zero-order chi connectivity index (χ0) is 21.5. The van der Waals surface area contributed by atoms with E-state index >= 15 is 0 Å². The van der Waals surface area contributed by atoms with Gasteiger partial charge in [0.05, 0.1) is 12.0 Å². The number of amides is 2. The van der Waals surface area contributed by atoms with Crippen molar-refractivity contribution in [3.8, 4) is 5.75 Å². The highest BCUT2D eigenvalue weighted by atomic mass is 32.2. The number of carbonyl (C=O) groups excluding carboxylic acids is 2. The number of ether oxygens (including phenoxy) is 1. The first-order valence-electron chi connectivity index (χ1n) is 9.07. The molecule has 1 heterocycles. The monoisotopic (exact) mass is 442 g/mol. The molecule has 0 atom stereocenters. The van der Waals surface area contributed by atoms with Gasteiger partial charge in [-0.15, -0.1) is 0 Å². The summed E-state index contributed by atoms with van der Waals surface area (Å²) in [4.78, 5) is 26.6. The molecule has 5 nitrogen and oxygen atoms in total. The van der Waals surface area contributed by atoms with E-state index in [0.29, 0.717) is 20.5 Å². The van der Waals surface area contributed by atoms with E-state index in [2.05, 4.69) is 5.32 Å². The average Bonchev–Trinajstić information content (AvgIpc) is 3.00. The third kappa shape index (κ3) is 5.77. The molecule has 2 amide bonds. The molecule has 1 aliphatic heterocycles. The smallest absolute Gasteiger partial charge is 0.266 e. The van der Waals surface area contributed by atoms with Gasteiger partial charge in [-0.25, -0.2) is 4.39 Å². The lowest BCUT2D eigenvalue weighted by Crippen LogP contribution is -2.36. The fourth-order valence-electron chi connectivity index (χ4n) is 2.67. The molecule has 30 heavy (non-hydrogen) atoms. The third-order valence-electron chi connectivity index (χ3n) is 4.20. The van der Waals surface area contributed by atoms with E-state index in [9.17, 15) is 14.0 Å². The van der Waals surface area contributed by atoms with Crippen molar-refractivity contribution in [3.63, 3.8) is 0 Å². The van der Waals surface area contributed by atoms with E-state index < -0.39 is 0 Å². The first-order valence-corrected chi connectivity index (χ1v) is 10.3. The second-order valence-corrected chi connectivity index (χ2v) is 7.96. The number of thioether (sulfide) groups is 1. The maximum absolute atomic E-state index is 12.9. The molecule has 1 N–H and O–H groups in total. The van der Waals surface area contributed by atoms with E-state index in [1.807, 2.05) is 24.3 Å². The van der Waals surface area contributed by atoms with E-state index in [1.165, 1.54) is 34.9 Å². The largest absolute Gasteiger partial charge is 0.497 e. The Bertz CT molecular complexity index is 1020. The fourth-order valence-corrected chi connectivity index (χ4v) is 3.98. The molecule has 0 saturated carbocycles. The second-order valence-electron chi connectivity index (χ2n) is 6.29. The molecule has 2 aromatic rings. The molecule has 2 aromatic carbocycles. The minimum Gasteiger partial charge on any atom is -0.497 e. The van der Waals surface area contributed by atoms with Gasteiger partial charge in [-0.2, -0.15) is 0 Å². The number of thiocarbonyl (C=S) groups is 1. The Hall–Kier alpha value is -2.97. The van der Waals surface area contributed by atoms with Gasteiger partial charge in [0.15, 0.2) is 0 Å². The van der Waals surface area contributed by atoms with Crippen LogP contribution in [0.4, 0.5) is 4.39 Å². The molecule has 0 aliphatic carbocycles. The van der Waals surface area contributed by atoms with Crippen LogP contribution in [0.1, 0.15) is 11.1 Å². The molecule has 0 radical (unpaired) electrons. The third-order valence-corrected chi connectivity index (χ3v) is 5.57. The Morgan fingerprint density at radius 2 is 2.00 bits per heavy atom. The number of carbonyl (C=O) groups is 2. The molecule has 0 unspecified atom stereocenters. The van der Waals surface area contributed by atoms with Crippen LogP contribution in [0.2, 0.25) is 0 Å². The van der Waals surface area contributed by atoms with E-state index in [0.717, 1.165) is 5.56 Å². The van der Waals surface area contributed by atoms with Crippen molar-refractivity contribution < 1.29 is 18.7 Å². The number of halogens is 1. The number of hydrogen-bond acceptors (Lipinski definition) is 5. The number of rotatable bonds is 7. The Morgan fingerprint density at radius 3 is 2.73 bits per heavy atom. The zero-order valence-electron chi connectivity index (χ0n) is 16.1. The Morgan fingerprint density at radius 1 is 1.23 bits per heavy atom. The van der Waals surface area contributed by atoms with Crippen LogP contribution in [0.15, 0.2) is 59.5 Å². The lowest BCUT2D eigenvalue weighted by Gasteiger charge is -2.14. The molecule has 1 fully saturated rings. The van der Waals surface area contributed by atoms with Crippen molar-refractivity contribution in [2.24, 2.45) is 0 Å². The molecule has 1 saturated heterocycles. The van der Waals surface area contributed by atoms with Crippen LogP contribution < -0.4 is 10.1 Å². The van der Waals surface area contributed by atoms with Gasteiger partial charge in [-0.05, 0) is 47.5 Å². The predicted molar refractivity (Wildman–Crippen MR) is 121 cm³/mol. The summed E-state index contributed by atoms with van der Waals surface area (Å²) in [7, 11) is 1.59. The normalized spacial score (nSPS) is 15.3. The summed E-state index contributed by atoms with van der Waals surface area (Å²) in [5.74, 6) is -0.128. The van der Waals surface area contributed by atoms with Gasteiger partial charge in [0.2, 0.25) is 5.91 Å². The Kier molecular flexibility index (Phi) is 7.37. The molecule has 3 rings (SSSR count). The summed E-state index contributed by atoms with van der Waals surface area (Å²) in [6, 6.07) is 13.2. The molecule has 1 aliphatic rings. The van der Waals surface area contributed by atoms with E-state index in [1.54, 1.807) is 31.4 Å². The summed E-state index contributed by atoms with van der Waals surface area (Å²) in [6.45, 7) is 0.529. The number of methoxy groups -OCH3 is 1. The maximum Gasteiger partial charge on any atom is 0.266 e. The van der Waals surface area contributed by atoms with Crippen molar-refractivity contribution in [1.82, 2.24) is 10.2 Å². The SMILES string of the molecule is COc1cccc(/C=C2/SC(=S)N(CCNC(=O)/C=C/c3ccc(F)cc3)C2=O)c1. The van der Waals surface area contributed by atoms with Crippen molar-refractivity contribution in [1.29, 1.82) is 0 Å². The first-order chi connectivity index (χ1) is 14.5. The highest BCUT2D eigenvalue weighted by Gasteiger charge is 2.31. The quantitative estimate of drug-likeness (QED) is 0.521. The zero-order valence-corrected chi connectivity index (χ0v) is 17.8. The van der Waals surface area contributed by atoms with Crippen LogP contribution in [0, 0.1) is 5.82 Å². The van der Waals surface area contributed by atoms with Crippen LogP contribution in [-0.2, 0) is 9.59 Å². The van der Waals surface area contributed by atoms with Crippen LogP contribution in [0.5, 0.6) is 5.75 Å². The molecule has 0 spiro atoms. The van der Waals surface area contributed by atoms with Gasteiger partial charge in [0, 0.05) is 19.2 Å². The summed E-state index contributed by atoms with van der Waals surface area (Å²) in [6.07, 6.45) is 4.72. The summed E-state index contributed by atoms with van der Waals surface area (Å²) < 4.78 is 18.5. The van der Waals surface area contributed by atoms with Crippen molar-refractivity contribution in [2.45, 2.75) is 0 Å². The van der Waals surface area contributed by atoms with Crippen molar-refractivity contribution in [2.75, 3.05) is 20.2 Å². The van der Waals surface area contributed by atoms with Gasteiger partial charge in [-0.1, -0.05) is 48.2 Å². The summed E-state index contributed by atoms with van der Waals surface area (Å²) in [5.41, 5.74) is 1.56. The minimum atomic E-state index is -0.333. The highest BCUT2D eigenvalue weighted by Crippen LogP contribution is 2.32. The van der Waals surface area contributed by atoms with Crippen LogP contribution in [0.25, 0.3) is 12.2 Å². The first kappa shape index (κ1) is 21.7. The summed E-state index contributed by atoms with van der Waals surface area (Å²) >= 11 is 6.54. The molecule has 154 valence electrons. The molecule has 8 heteroatoms. The number of benzene rings is 2. The fraction of sp³-hybridized carbons (Fsp3) is 0.136. The number of nitrogens with one attached hydrogen (secondary N) is 1. The average molecular weight is 443 g/mol. The topological polar surface area (TPSA) is 58.6 Å². The number of hydrogen-bond donors (Lipinski definition) is 1. The van der Waals surface area contributed by atoms with Crippen LogP contribution >= 0.6 is 24.0 Å². The lowest BCUT2D eigenvalue weighted by molar-refractivity contribution is -0.122. The van der Waals surface area contributed by atoms with E-state index in [-0.39, 0.29) is 30.7 Å². The van der Waals surface area contributed by atoms with Crippen molar-refractivity contribution >= 4 is 52.3 Å². The van der Waals surface area contributed by atoms with Gasteiger partial charge in [0.1, 0.15) is 15.9 Å². The Labute approximate surface area is 183 Å². The van der Waals surface area contributed by atoms with Gasteiger partial charge >= 0.3 is 0 Å². The molecular formula is C22H19FN2O3S2. The molecule has 0 bridgehead atoms. The molecular weight excluding hydrogens is 423 g/mol. The lowest BCUT2D eigenvalue weighted by atomic mass is 10.2. The van der Waals surface area contributed by atoms with Crippen LogP contribution in [0.3, 0.4) is 0 Å². The van der Waals surface area contributed by atoms with Crippen molar-refractivity contribution in [3.05, 3.63) is 76.5 Å². The standard InChI is InChI=1S/C22H19FN2O3S2/c1-28-18-4-2-3-16(13-18)14-19-21(27)25(22(29)30-19)12-11-24-20(26)10-7-15-5-8-17(23)9-6-15/h2-10,13-14H,11-12H2,1H3,(H,24,26)/b10-7+,19-14+. The maximum atomic E-state index is 12.9. The highest BCUT2D eigenvalue weighted by molar-refractivity contribution is 8.26. The second kappa shape index (κ2) is 10.2. The number of nitrogens with zero attached hydrogens (tertiary/aromatic N) is 1. The summed E-state index contributed by atoms with van der Waals surface area (Å²) in [5, 5.41) is 2.71. The predicted octanol–water partition coefficient (Wildman–Crippen LogP) is 3.87. The molecule has 0 aromatic heterocycles. The van der Waals surface area contributed by atoms with Gasteiger partial charge < -0.3 is 10.1 Å². The van der Waals surface area contributed by atoms with E-state index in [4.69, 9.17) is 17.0 Å². The Balaban J connectivity index is 1.53. The van der Waals surface area contributed by atoms with Crippen LogP contribution in [-0.4, -0.2) is 41.2 Å². The van der Waals surface area contributed by atoms with Gasteiger partial charge in [0.25, 0.3) is 5.91 Å². The van der Waals surface area contributed by atoms with Gasteiger partial charge in [-0.3, -0.25) is 14.5 Å². The minimum absolute atomic E-state index is 0.191.